The maximum absolute atomic E-state index is 13.4. The van der Waals surface area contributed by atoms with Crippen LogP contribution in [0.3, 0.4) is 0 Å². The Labute approximate surface area is 295 Å². The number of rotatable bonds is 9. The lowest BCUT2D eigenvalue weighted by Crippen LogP contribution is -2.50. The number of aliphatic imine (C=N–C) groups is 1. The minimum absolute atomic E-state index is 0.00174. The maximum atomic E-state index is 13.4. The van der Waals surface area contributed by atoms with Crippen LogP contribution in [-0.4, -0.2) is 103 Å². The first-order valence-corrected chi connectivity index (χ1v) is 17.7. The van der Waals surface area contributed by atoms with Crippen LogP contribution in [0.1, 0.15) is 58.3 Å². The number of hydrogen-bond acceptors (Lipinski definition) is 7. The second kappa shape index (κ2) is 14.0. The third-order valence-corrected chi connectivity index (χ3v) is 11.3. The average Bonchev–Trinajstić information content (AvgIpc) is 3.38. The topological polar surface area (TPSA) is 129 Å². The number of aliphatic hydroxyl groups is 1. The summed E-state index contributed by atoms with van der Waals surface area (Å²) < 4.78 is 110. The summed E-state index contributed by atoms with van der Waals surface area (Å²) in [5.74, 6) is -6.43. The number of carbonyl (C=O) groups is 2. The number of nitrogens with zero attached hydrogens (tertiary/aromatic N) is 3. The highest BCUT2D eigenvalue weighted by atomic mass is 35.5. The highest BCUT2D eigenvalue weighted by Gasteiger charge is 2.58. The Bertz CT molecular complexity index is 1850. The van der Waals surface area contributed by atoms with E-state index in [1.165, 1.54) is 22.5 Å². The number of sulfonamides is 1. The highest BCUT2D eigenvalue weighted by molar-refractivity contribution is 7.92. The van der Waals surface area contributed by atoms with Gasteiger partial charge in [-0.1, -0.05) is 11.6 Å². The fourth-order valence-electron chi connectivity index (χ4n) is 6.16. The number of hydrogen-bond donors (Lipinski definition) is 2. The molecule has 2 saturated heterocycles. The Morgan fingerprint density at radius 1 is 1.04 bits per heavy atom. The first-order valence-electron chi connectivity index (χ1n) is 15.8. The number of likely N-dealkylation sites (tertiary alicyclic amines) is 1. The third-order valence-electron chi connectivity index (χ3n) is 9.40. The van der Waals surface area contributed by atoms with Crippen LogP contribution < -0.4 is 10.1 Å². The van der Waals surface area contributed by atoms with Crippen molar-refractivity contribution in [2.45, 2.75) is 62.8 Å². The number of halogens is 7. The van der Waals surface area contributed by atoms with Gasteiger partial charge < -0.3 is 20.1 Å². The summed E-state index contributed by atoms with van der Waals surface area (Å²) in [6, 6.07) is 6.92. The van der Waals surface area contributed by atoms with Crippen molar-refractivity contribution in [1.29, 1.82) is 0 Å². The molecule has 3 aliphatic heterocycles. The summed E-state index contributed by atoms with van der Waals surface area (Å²) >= 11 is 5.94. The van der Waals surface area contributed by atoms with Crippen molar-refractivity contribution < 1.29 is 54.2 Å². The van der Waals surface area contributed by atoms with Gasteiger partial charge in [-0.2, -0.15) is 26.3 Å². The molecule has 0 unspecified atom stereocenters. The van der Waals surface area contributed by atoms with Crippen LogP contribution in [0.25, 0.3) is 6.08 Å². The van der Waals surface area contributed by atoms with Gasteiger partial charge in [-0.05, 0) is 92.6 Å². The molecule has 51 heavy (non-hydrogen) atoms. The lowest BCUT2D eigenvalue weighted by molar-refractivity contribution is -0.290. The Hall–Kier alpha value is -3.67. The molecule has 278 valence electrons. The second-order valence-corrected chi connectivity index (χ2v) is 15.2. The Morgan fingerprint density at radius 2 is 1.65 bits per heavy atom. The third kappa shape index (κ3) is 8.05. The van der Waals surface area contributed by atoms with Crippen molar-refractivity contribution in [1.82, 2.24) is 14.5 Å². The van der Waals surface area contributed by atoms with Crippen LogP contribution in [0, 0.1) is 13.8 Å². The summed E-state index contributed by atoms with van der Waals surface area (Å²) in [5, 5.41) is 13.5. The van der Waals surface area contributed by atoms with Gasteiger partial charge in [-0.3, -0.25) is 14.6 Å². The molecule has 5 rings (SSSR count). The van der Waals surface area contributed by atoms with Gasteiger partial charge in [0.15, 0.2) is 6.61 Å². The van der Waals surface area contributed by atoms with E-state index in [0.29, 0.717) is 22.3 Å². The molecule has 18 heteroatoms. The molecule has 0 atom stereocenters. The molecule has 0 aliphatic carbocycles. The zero-order chi connectivity index (χ0) is 37.6. The van der Waals surface area contributed by atoms with E-state index in [2.05, 4.69) is 15.0 Å². The number of amides is 2. The lowest BCUT2D eigenvalue weighted by atomic mass is 9.89. The SMILES string of the molecule is Cc1cc(C(=O)N2CCC(O)(CF)CC2)cc(C)c1/C=C/S(=O)(=O)N1CCC2(CC1)N=C(c1ccc(Cl)c(OCC(F)(F)C(F)(F)F)c1)NC2=O. The van der Waals surface area contributed by atoms with Crippen LogP contribution in [0.4, 0.5) is 26.3 Å². The van der Waals surface area contributed by atoms with Crippen molar-refractivity contribution in [3.8, 4) is 5.75 Å². The number of nitrogens with one attached hydrogen (secondary N) is 1. The second-order valence-electron chi connectivity index (χ2n) is 13.0. The van der Waals surface area contributed by atoms with Crippen molar-refractivity contribution in [2.75, 3.05) is 39.5 Å². The van der Waals surface area contributed by atoms with Gasteiger partial charge in [0, 0.05) is 42.7 Å². The summed E-state index contributed by atoms with van der Waals surface area (Å²) in [4.78, 5) is 32.2. The van der Waals surface area contributed by atoms with Crippen molar-refractivity contribution in [3.63, 3.8) is 0 Å². The number of ether oxygens (including phenoxy) is 1. The van der Waals surface area contributed by atoms with E-state index in [-0.39, 0.29) is 74.2 Å². The monoisotopic (exact) mass is 764 g/mol. The van der Waals surface area contributed by atoms with E-state index in [0.717, 1.165) is 11.5 Å². The van der Waals surface area contributed by atoms with Crippen molar-refractivity contribution in [3.05, 3.63) is 68.6 Å². The van der Waals surface area contributed by atoms with E-state index < -0.39 is 58.2 Å². The Morgan fingerprint density at radius 3 is 2.22 bits per heavy atom. The molecule has 2 amide bonds. The predicted octanol–water partition coefficient (Wildman–Crippen LogP) is 5.18. The summed E-state index contributed by atoms with van der Waals surface area (Å²) in [5.41, 5.74) is -0.365. The minimum atomic E-state index is -5.83. The van der Waals surface area contributed by atoms with Crippen molar-refractivity contribution in [2.24, 2.45) is 4.99 Å². The standard InChI is InChI=1S/C33H35ClF6N4O6S/c1-20-15-23(28(45)43-10-6-30(47,18-35)7-11-43)16-21(2)24(20)5-14-51(48,49)44-12-8-31(9-13-44)29(46)41-27(42-31)22-3-4-25(34)26(17-22)50-19-32(36,37)33(38,39)40/h3-5,14-17,47H,6-13,18-19H2,1-2H3,(H,41,42,46)/b14-5+. The molecule has 2 fully saturated rings. The van der Waals surface area contributed by atoms with E-state index in [4.69, 9.17) is 11.6 Å². The maximum Gasteiger partial charge on any atom is 0.456 e. The fourth-order valence-corrected chi connectivity index (χ4v) is 7.50. The van der Waals surface area contributed by atoms with Gasteiger partial charge >= 0.3 is 12.1 Å². The Kier molecular flexibility index (Phi) is 10.6. The summed E-state index contributed by atoms with van der Waals surface area (Å²) in [7, 11) is -3.97. The average molecular weight is 765 g/mol. The molecule has 0 aromatic heterocycles. The molecule has 0 saturated carbocycles. The molecule has 2 aromatic carbocycles. The zero-order valence-electron chi connectivity index (χ0n) is 27.5. The van der Waals surface area contributed by atoms with Gasteiger partial charge in [0.05, 0.1) is 10.6 Å². The predicted molar refractivity (Wildman–Crippen MR) is 176 cm³/mol. The molecule has 0 bridgehead atoms. The first kappa shape index (κ1) is 38.6. The van der Waals surface area contributed by atoms with Gasteiger partial charge in [-0.25, -0.2) is 12.8 Å². The van der Waals surface area contributed by atoms with Gasteiger partial charge in [0.25, 0.3) is 11.8 Å². The largest absolute Gasteiger partial charge is 0.485 e. The van der Waals surface area contributed by atoms with Crippen LogP contribution >= 0.6 is 11.6 Å². The van der Waals surface area contributed by atoms with E-state index in [9.17, 15) is 49.5 Å². The molecule has 10 nitrogen and oxygen atoms in total. The van der Waals surface area contributed by atoms with Crippen LogP contribution in [0.2, 0.25) is 5.02 Å². The molecule has 2 N–H and O–H groups in total. The van der Waals surface area contributed by atoms with Crippen LogP contribution in [0.15, 0.2) is 40.7 Å². The van der Waals surface area contributed by atoms with Crippen molar-refractivity contribution >= 4 is 45.4 Å². The van der Waals surface area contributed by atoms with Gasteiger partial charge in [-0.15, -0.1) is 0 Å². The smallest absolute Gasteiger partial charge is 0.456 e. The normalized spacial score (nSPS) is 19.8. The fraction of sp³-hybridized carbons (Fsp3) is 0.485. The van der Waals surface area contributed by atoms with Gasteiger partial charge in [0.1, 0.15) is 23.8 Å². The van der Waals surface area contributed by atoms with E-state index >= 15 is 0 Å². The molecule has 2 aromatic rings. The van der Waals surface area contributed by atoms with Crippen LogP contribution in [0.5, 0.6) is 5.75 Å². The molecule has 0 radical (unpaired) electrons. The molecule has 3 aliphatic rings. The molecule has 1 spiro atoms. The lowest BCUT2D eigenvalue weighted by Gasteiger charge is -2.36. The number of carbonyl (C=O) groups excluding carboxylic acids is 2. The molecular formula is C33H35ClF6N4O6S. The Balaban J connectivity index is 1.24. The first-order chi connectivity index (χ1) is 23.7. The summed E-state index contributed by atoms with van der Waals surface area (Å²) in [6.45, 7) is 0.850. The number of aryl methyl sites for hydroxylation is 2. The number of alkyl halides is 6. The number of amidine groups is 1. The molecular weight excluding hydrogens is 730 g/mol. The summed E-state index contributed by atoms with van der Waals surface area (Å²) in [6.07, 6.45) is -4.15. The number of benzene rings is 2. The molecule has 3 heterocycles. The highest BCUT2D eigenvalue weighted by Crippen LogP contribution is 2.38. The quantitative estimate of drug-likeness (QED) is 0.339. The zero-order valence-corrected chi connectivity index (χ0v) is 29.1. The van der Waals surface area contributed by atoms with E-state index in [1.807, 2.05) is 0 Å². The number of piperidine rings is 2. The minimum Gasteiger partial charge on any atom is -0.485 e. The van der Waals surface area contributed by atoms with Gasteiger partial charge in [0.2, 0.25) is 10.0 Å². The van der Waals surface area contributed by atoms with Crippen LogP contribution in [-0.2, 0) is 14.8 Å². The van der Waals surface area contributed by atoms with E-state index in [1.54, 1.807) is 30.9 Å².